The molecule has 1 aliphatic heterocycles. The van der Waals surface area contributed by atoms with Gasteiger partial charge < -0.3 is 9.47 Å². The van der Waals surface area contributed by atoms with E-state index < -0.39 is 15.6 Å². The van der Waals surface area contributed by atoms with E-state index in [1.807, 2.05) is 24.3 Å². The van der Waals surface area contributed by atoms with Gasteiger partial charge >= 0.3 is 0 Å². The first-order valence-corrected chi connectivity index (χ1v) is 8.72. The van der Waals surface area contributed by atoms with Crippen LogP contribution in [0.5, 0.6) is 5.75 Å². The fraction of sp³-hybridized carbons (Fsp3) is 0.600. The van der Waals surface area contributed by atoms with Crippen molar-refractivity contribution in [2.24, 2.45) is 0 Å². The van der Waals surface area contributed by atoms with Gasteiger partial charge in [-0.1, -0.05) is 18.2 Å². The van der Waals surface area contributed by atoms with Crippen LogP contribution in [0.15, 0.2) is 24.3 Å². The zero-order valence-electron chi connectivity index (χ0n) is 12.8. The van der Waals surface area contributed by atoms with Crippen molar-refractivity contribution in [3.63, 3.8) is 0 Å². The molecule has 0 spiro atoms. The fourth-order valence-corrected chi connectivity index (χ4v) is 4.17. The van der Waals surface area contributed by atoms with Crippen LogP contribution in [0, 0.1) is 0 Å². The number of para-hydroxylation sites is 1. The van der Waals surface area contributed by atoms with E-state index in [1.54, 1.807) is 13.8 Å². The number of methoxy groups -OCH3 is 1. The van der Waals surface area contributed by atoms with Crippen LogP contribution in [0.2, 0.25) is 0 Å². The molecule has 1 heterocycles. The minimum Gasteiger partial charge on any atom is -0.492 e. The summed E-state index contributed by atoms with van der Waals surface area (Å²) in [5, 5.41) is 0. The molecule has 0 bridgehead atoms. The third-order valence-corrected chi connectivity index (χ3v) is 5.38. The lowest BCUT2D eigenvalue weighted by Gasteiger charge is -2.24. The molecule has 1 unspecified atom stereocenters. The van der Waals surface area contributed by atoms with E-state index in [0.717, 1.165) is 24.2 Å². The number of nitrogens with one attached hydrogen (secondary N) is 1. The molecule has 0 fully saturated rings. The van der Waals surface area contributed by atoms with Crippen molar-refractivity contribution >= 4 is 10.0 Å². The average Bonchev–Trinajstić information content (AvgIpc) is 2.60. The number of aryl methyl sites for hydroxylation is 1. The van der Waals surface area contributed by atoms with Gasteiger partial charge in [0.1, 0.15) is 12.4 Å². The molecule has 0 saturated carbocycles. The molecule has 0 saturated heterocycles. The predicted octanol–water partition coefficient (Wildman–Crippen LogP) is 1.72. The van der Waals surface area contributed by atoms with Gasteiger partial charge in [0.2, 0.25) is 10.0 Å². The van der Waals surface area contributed by atoms with Crippen molar-refractivity contribution in [3.05, 3.63) is 29.8 Å². The SMILES string of the molecule is COC(C)(C)CS(=O)(=O)NC1CCc2ccccc2OC1. The molecule has 1 atom stereocenters. The molecule has 2 rings (SSSR count). The Hall–Kier alpha value is -1.11. The summed E-state index contributed by atoms with van der Waals surface area (Å²) in [7, 11) is -1.89. The van der Waals surface area contributed by atoms with Crippen LogP contribution in [0.1, 0.15) is 25.8 Å². The standard InChI is InChI=1S/C15H23NO4S/c1-15(2,19-3)11-21(17,18)16-13-9-8-12-6-4-5-7-14(12)20-10-13/h4-7,13,16H,8-11H2,1-3H3. The summed E-state index contributed by atoms with van der Waals surface area (Å²) in [6, 6.07) is 7.61. The second-order valence-corrected chi connectivity index (χ2v) is 7.75. The van der Waals surface area contributed by atoms with E-state index >= 15 is 0 Å². The largest absolute Gasteiger partial charge is 0.492 e. The van der Waals surface area contributed by atoms with Crippen molar-refractivity contribution in [2.75, 3.05) is 19.5 Å². The number of sulfonamides is 1. The number of benzene rings is 1. The van der Waals surface area contributed by atoms with E-state index in [0.29, 0.717) is 6.61 Å². The molecule has 0 radical (unpaired) electrons. The fourth-order valence-electron chi connectivity index (χ4n) is 2.36. The average molecular weight is 313 g/mol. The first-order chi connectivity index (χ1) is 9.81. The smallest absolute Gasteiger partial charge is 0.214 e. The number of ether oxygens (including phenoxy) is 2. The zero-order chi connectivity index (χ0) is 15.5. The molecule has 1 aliphatic rings. The Morgan fingerprint density at radius 2 is 2.10 bits per heavy atom. The lowest BCUT2D eigenvalue weighted by Crippen LogP contribution is -2.45. The topological polar surface area (TPSA) is 64.6 Å². The van der Waals surface area contributed by atoms with Crippen LogP contribution in [-0.4, -0.2) is 39.5 Å². The highest BCUT2D eigenvalue weighted by molar-refractivity contribution is 7.89. The van der Waals surface area contributed by atoms with E-state index in [2.05, 4.69) is 4.72 Å². The van der Waals surface area contributed by atoms with Crippen LogP contribution in [-0.2, 0) is 21.2 Å². The molecule has 1 aromatic rings. The van der Waals surface area contributed by atoms with Crippen LogP contribution in [0.3, 0.4) is 0 Å². The summed E-state index contributed by atoms with van der Waals surface area (Å²) < 4.78 is 38.0. The second kappa shape index (κ2) is 6.34. The van der Waals surface area contributed by atoms with Crippen LogP contribution in [0.4, 0.5) is 0 Å². The van der Waals surface area contributed by atoms with Crippen molar-refractivity contribution in [3.8, 4) is 5.75 Å². The van der Waals surface area contributed by atoms with Crippen molar-refractivity contribution in [1.82, 2.24) is 4.72 Å². The quantitative estimate of drug-likeness (QED) is 0.899. The summed E-state index contributed by atoms with van der Waals surface area (Å²) >= 11 is 0. The first-order valence-electron chi connectivity index (χ1n) is 7.07. The Morgan fingerprint density at radius 1 is 1.38 bits per heavy atom. The van der Waals surface area contributed by atoms with Gasteiger partial charge in [0.25, 0.3) is 0 Å². The molecule has 21 heavy (non-hydrogen) atoms. The Morgan fingerprint density at radius 3 is 2.81 bits per heavy atom. The highest BCUT2D eigenvalue weighted by Crippen LogP contribution is 2.23. The van der Waals surface area contributed by atoms with Gasteiger partial charge in [-0.2, -0.15) is 0 Å². The first kappa shape index (κ1) is 16.3. The molecule has 6 heteroatoms. The third kappa shape index (κ3) is 4.69. The second-order valence-electron chi connectivity index (χ2n) is 6.00. The summed E-state index contributed by atoms with van der Waals surface area (Å²) in [4.78, 5) is 0. The van der Waals surface area contributed by atoms with E-state index in [-0.39, 0.29) is 11.8 Å². The Kier molecular flexibility index (Phi) is 4.91. The van der Waals surface area contributed by atoms with E-state index in [1.165, 1.54) is 7.11 Å². The van der Waals surface area contributed by atoms with Gasteiger partial charge in [-0.3, -0.25) is 0 Å². The molecule has 0 amide bonds. The Bertz CT molecular complexity index is 556. The molecule has 0 aliphatic carbocycles. The molecular formula is C15H23NO4S. The third-order valence-electron chi connectivity index (χ3n) is 3.61. The maximum Gasteiger partial charge on any atom is 0.214 e. The molecule has 1 aromatic carbocycles. The summed E-state index contributed by atoms with van der Waals surface area (Å²) in [6.07, 6.45) is 1.53. The van der Waals surface area contributed by atoms with Gasteiger partial charge in [0.05, 0.1) is 17.4 Å². The predicted molar refractivity (Wildman–Crippen MR) is 82.1 cm³/mol. The van der Waals surface area contributed by atoms with Crippen LogP contribution in [0.25, 0.3) is 0 Å². The summed E-state index contributed by atoms with van der Waals surface area (Å²) in [5.74, 6) is 0.774. The maximum atomic E-state index is 12.2. The minimum atomic E-state index is -3.41. The number of fused-ring (bicyclic) bond motifs is 1. The molecule has 5 nitrogen and oxygen atoms in total. The number of rotatable bonds is 5. The number of hydrogen-bond acceptors (Lipinski definition) is 4. The van der Waals surface area contributed by atoms with E-state index in [4.69, 9.17) is 9.47 Å². The van der Waals surface area contributed by atoms with Crippen LogP contribution >= 0.6 is 0 Å². The lowest BCUT2D eigenvalue weighted by atomic mass is 10.1. The maximum absolute atomic E-state index is 12.2. The normalized spacial score (nSPS) is 19.5. The van der Waals surface area contributed by atoms with Gasteiger partial charge in [-0.15, -0.1) is 0 Å². The Labute approximate surface area is 126 Å². The van der Waals surface area contributed by atoms with Gasteiger partial charge in [0, 0.05) is 7.11 Å². The molecular weight excluding hydrogens is 290 g/mol. The zero-order valence-corrected chi connectivity index (χ0v) is 13.6. The minimum absolute atomic E-state index is 0.0695. The van der Waals surface area contributed by atoms with E-state index in [9.17, 15) is 8.42 Å². The molecule has 1 N–H and O–H groups in total. The lowest BCUT2D eigenvalue weighted by molar-refractivity contribution is 0.0423. The van der Waals surface area contributed by atoms with Gasteiger partial charge in [0.15, 0.2) is 0 Å². The number of hydrogen-bond donors (Lipinski definition) is 1. The van der Waals surface area contributed by atoms with Crippen molar-refractivity contribution < 1.29 is 17.9 Å². The highest BCUT2D eigenvalue weighted by atomic mass is 32.2. The van der Waals surface area contributed by atoms with Gasteiger partial charge in [-0.05, 0) is 38.3 Å². The Balaban J connectivity index is 1.99. The van der Waals surface area contributed by atoms with Gasteiger partial charge in [-0.25, -0.2) is 13.1 Å². The monoisotopic (exact) mass is 313 g/mol. The van der Waals surface area contributed by atoms with Crippen molar-refractivity contribution in [2.45, 2.75) is 38.3 Å². The van der Waals surface area contributed by atoms with Crippen LogP contribution < -0.4 is 9.46 Å². The molecule has 0 aromatic heterocycles. The summed E-state index contributed by atoms with van der Waals surface area (Å²) in [6.45, 7) is 3.86. The van der Waals surface area contributed by atoms with Crippen molar-refractivity contribution in [1.29, 1.82) is 0 Å². The highest BCUT2D eigenvalue weighted by Gasteiger charge is 2.28. The summed E-state index contributed by atoms with van der Waals surface area (Å²) in [5.41, 5.74) is 0.414. The molecule has 118 valence electrons.